The predicted octanol–water partition coefficient (Wildman–Crippen LogP) is 2.61. The van der Waals surface area contributed by atoms with Crippen LogP contribution in [0.25, 0.3) is 0 Å². The molecule has 0 amide bonds. The zero-order valence-corrected chi connectivity index (χ0v) is 12.8. The molecule has 20 heavy (non-hydrogen) atoms. The van der Waals surface area contributed by atoms with E-state index in [-0.39, 0.29) is 0 Å². The quantitative estimate of drug-likeness (QED) is 0.446. The molecule has 2 rings (SSSR count). The minimum Gasteiger partial charge on any atom is -0.376 e. The van der Waals surface area contributed by atoms with Crippen LogP contribution >= 0.6 is 0 Å². The molecule has 1 atom stereocenters. The van der Waals surface area contributed by atoms with Crippen molar-refractivity contribution >= 4 is 5.96 Å². The average molecular weight is 279 g/mol. The van der Waals surface area contributed by atoms with Crippen LogP contribution in [-0.4, -0.2) is 38.3 Å². The van der Waals surface area contributed by atoms with Crippen molar-refractivity contribution in [3.63, 3.8) is 0 Å². The fourth-order valence-corrected chi connectivity index (χ4v) is 2.80. The predicted molar refractivity (Wildman–Crippen MR) is 84.1 cm³/mol. The van der Waals surface area contributed by atoms with Crippen LogP contribution in [-0.2, 0) is 4.74 Å². The largest absolute Gasteiger partial charge is 0.376 e. The van der Waals surface area contributed by atoms with E-state index in [1.165, 1.54) is 32.1 Å². The fraction of sp³-hybridized carbons (Fsp3) is 0.812. The van der Waals surface area contributed by atoms with Gasteiger partial charge in [-0.1, -0.05) is 11.6 Å². The first kappa shape index (κ1) is 15.4. The summed E-state index contributed by atoms with van der Waals surface area (Å²) in [6.45, 7) is 5.66. The lowest BCUT2D eigenvalue weighted by molar-refractivity contribution is 0.117. The Bertz CT molecular complexity index is 333. The first-order valence-corrected chi connectivity index (χ1v) is 8.20. The minimum absolute atomic E-state index is 0.325. The van der Waals surface area contributed by atoms with Crippen molar-refractivity contribution in [3.05, 3.63) is 11.6 Å². The molecule has 0 radical (unpaired) electrons. The Morgan fingerprint density at radius 1 is 1.35 bits per heavy atom. The van der Waals surface area contributed by atoms with Crippen LogP contribution in [0.15, 0.2) is 16.6 Å². The highest BCUT2D eigenvalue weighted by molar-refractivity contribution is 5.79. The van der Waals surface area contributed by atoms with Gasteiger partial charge < -0.3 is 15.4 Å². The molecule has 0 aromatic heterocycles. The van der Waals surface area contributed by atoms with Crippen molar-refractivity contribution in [2.24, 2.45) is 4.99 Å². The van der Waals surface area contributed by atoms with Gasteiger partial charge in [-0.3, -0.25) is 4.99 Å². The molecule has 1 aliphatic heterocycles. The fourth-order valence-electron chi connectivity index (χ4n) is 2.80. The molecule has 0 aromatic rings. The first-order valence-electron chi connectivity index (χ1n) is 8.20. The van der Waals surface area contributed by atoms with E-state index in [1.54, 1.807) is 5.57 Å². The molecule has 0 bridgehead atoms. The summed E-state index contributed by atoms with van der Waals surface area (Å²) in [6.07, 6.45) is 11.5. The second-order valence-corrected chi connectivity index (χ2v) is 5.64. The van der Waals surface area contributed by atoms with E-state index in [1.807, 2.05) is 0 Å². The molecule has 0 aromatic carbocycles. The summed E-state index contributed by atoms with van der Waals surface area (Å²) in [5, 5.41) is 6.74. The van der Waals surface area contributed by atoms with Crippen molar-refractivity contribution in [1.82, 2.24) is 10.6 Å². The number of rotatable bonds is 6. The summed E-state index contributed by atoms with van der Waals surface area (Å²) < 4.78 is 5.61. The van der Waals surface area contributed by atoms with Gasteiger partial charge in [-0.15, -0.1) is 0 Å². The second-order valence-electron chi connectivity index (χ2n) is 5.64. The van der Waals surface area contributed by atoms with Gasteiger partial charge >= 0.3 is 0 Å². The van der Waals surface area contributed by atoms with Crippen LogP contribution in [0.1, 0.15) is 51.9 Å². The standard InChI is InChI=1S/C16H29N3O/c1-2-17-16(19-13-15-9-6-12-20-15)18-11-10-14-7-4-3-5-8-14/h7,15H,2-6,8-13H2,1H3,(H2,17,18,19). The van der Waals surface area contributed by atoms with Crippen molar-refractivity contribution in [2.45, 2.75) is 58.0 Å². The van der Waals surface area contributed by atoms with E-state index in [9.17, 15) is 0 Å². The van der Waals surface area contributed by atoms with E-state index in [0.29, 0.717) is 6.10 Å². The third-order valence-electron chi connectivity index (χ3n) is 3.94. The number of allylic oxidation sites excluding steroid dienone is 1. The number of nitrogens with zero attached hydrogens (tertiary/aromatic N) is 1. The van der Waals surface area contributed by atoms with Gasteiger partial charge in [-0.25, -0.2) is 0 Å². The summed E-state index contributed by atoms with van der Waals surface area (Å²) in [5.41, 5.74) is 1.61. The van der Waals surface area contributed by atoms with Crippen LogP contribution in [0.4, 0.5) is 0 Å². The van der Waals surface area contributed by atoms with Gasteiger partial charge in [0.1, 0.15) is 0 Å². The summed E-state index contributed by atoms with van der Waals surface area (Å²) in [7, 11) is 0. The molecule has 1 heterocycles. The van der Waals surface area contributed by atoms with E-state index >= 15 is 0 Å². The molecule has 2 aliphatic rings. The van der Waals surface area contributed by atoms with Crippen molar-refractivity contribution in [2.75, 3.05) is 26.2 Å². The second kappa shape index (κ2) is 9.01. The maximum atomic E-state index is 5.61. The molecule has 114 valence electrons. The number of hydrogen-bond donors (Lipinski definition) is 2. The third-order valence-corrected chi connectivity index (χ3v) is 3.94. The zero-order valence-electron chi connectivity index (χ0n) is 12.8. The van der Waals surface area contributed by atoms with Gasteiger partial charge in [0, 0.05) is 19.7 Å². The maximum absolute atomic E-state index is 5.61. The number of ether oxygens (including phenoxy) is 1. The molecule has 0 saturated carbocycles. The Labute approximate surface area is 123 Å². The Balaban J connectivity index is 1.70. The van der Waals surface area contributed by atoms with Crippen LogP contribution in [0, 0.1) is 0 Å². The molecular weight excluding hydrogens is 250 g/mol. The SMILES string of the molecule is CCNC(=NCC1CCCO1)NCCC1=CCCCC1. The van der Waals surface area contributed by atoms with Gasteiger partial charge in [0.2, 0.25) is 0 Å². The van der Waals surface area contributed by atoms with E-state index < -0.39 is 0 Å². The maximum Gasteiger partial charge on any atom is 0.191 e. The van der Waals surface area contributed by atoms with E-state index in [0.717, 1.165) is 45.0 Å². The topological polar surface area (TPSA) is 45.7 Å². The van der Waals surface area contributed by atoms with Gasteiger partial charge in [-0.05, 0) is 51.9 Å². The normalized spacial score (nSPS) is 23.6. The molecule has 1 fully saturated rings. The summed E-state index contributed by atoms with van der Waals surface area (Å²) >= 11 is 0. The molecule has 4 nitrogen and oxygen atoms in total. The highest BCUT2D eigenvalue weighted by Crippen LogP contribution is 2.19. The zero-order chi connectivity index (χ0) is 14.0. The monoisotopic (exact) mass is 279 g/mol. The highest BCUT2D eigenvalue weighted by Gasteiger charge is 2.14. The molecule has 1 saturated heterocycles. The molecular formula is C16H29N3O. The Morgan fingerprint density at radius 3 is 3.00 bits per heavy atom. The minimum atomic E-state index is 0.325. The molecule has 1 unspecified atom stereocenters. The lowest BCUT2D eigenvalue weighted by Gasteiger charge is -2.15. The molecule has 1 aliphatic carbocycles. The van der Waals surface area contributed by atoms with Gasteiger partial charge in [0.15, 0.2) is 5.96 Å². The van der Waals surface area contributed by atoms with Gasteiger partial charge in [0.05, 0.1) is 12.6 Å². The lowest BCUT2D eigenvalue weighted by Crippen LogP contribution is -2.38. The smallest absolute Gasteiger partial charge is 0.191 e. The number of nitrogens with one attached hydrogen (secondary N) is 2. The Morgan fingerprint density at radius 2 is 2.30 bits per heavy atom. The number of hydrogen-bond acceptors (Lipinski definition) is 2. The van der Waals surface area contributed by atoms with Gasteiger partial charge in [0.25, 0.3) is 0 Å². The lowest BCUT2D eigenvalue weighted by atomic mass is 9.97. The van der Waals surface area contributed by atoms with Crippen LogP contribution in [0.3, 0.4) is 0 Å². The Kier molecular flexibility index (Phi) is 6.92. The number of aliphatic imine (C=N–C) groups is 1. The summed E-state index contributed by atoms with van der Waals surface area (Å²) in [5.74, 6) is 0.930. The Hall–Kier alpha value is -1.03. The van der Waals surface area contributed by atoms with E-state index in [2.05, 4.69) is 28.6 Å². The molecule has 4 heteroatoms. The first-order chi connectivity index (χ1) is 9.88. The number of guanidine groups is 1. The van der Waals surface area contributed by atoms with Gasteiger partial charge in [-0.2, -0.15) is 0 Å². The average Bonchev–Trinajstić information content (AvgIpc) is 2.99. The summed E-state index contributed by atoms with van der Waals surface area (Å²) in [4.78, 5) is 4.63. The third kappa shape index (κ3) is 5.53. The van der Waals surface area contributed by atoms with E-state index in [4.69, 9.17) is 4.74 Å². The molecule has 0 spiro atoms. The van der Waals surface area contributed by atoms with Crippen molar-refractivity contribution < 1.29 is 4.74 Å². The summed E-state index contributed by atoms with van der Waals surface area (Å²) in [6, 6.07) is 0. The molecule has 2 N–H and O–H groups in total. The van der Waals surface area contributed by atoms with Crippen molar-refractivity contribution in [1.29, 1.82) is 0 Å². The van der Waals surface area contributed by atoms with Crippen LogP contribution in [0.5, 0.6) is 0 Å². The van der Waals surface area contributed by atoms with Crippen LogP contribution < -0.4 is 10.6 Å². The highest BCUT2D eigenvalue weighted by atomic mass is 16.5. The van der Waals surface area contributed by atoms with Crippen LogP contribution in [0.2, 0.25) is 0 Å². The van der Waals surface area contributed by atoms with Crippen molar-refractivity contribution in [3.8, 4) is 0 Å².